The highest BCUT2D eigenvalue weighted by molar-refractivity contribution is 8.00. The molecule has 3 rings (SSSR count). The number of methoxy groups -OCH3 is 1. The van der Waals surface area contributed by atoms with Gasteiger partial charge in [-0.3, -0.25) is 14.5 Å². The van der Waals surface area contributed by atoms with Gasteiger partial charge in [-0.05, 0) is 17.7 Å². The van der Waals surface area contributed by atoms with Gasteiger partial charge in [0.05, 0.1) is 10.0 Å². The maximum atomic E-state index is 12.8. The summed E-state index contributed by atoms with van der Waals surface area (Å²) in [6, 6.07) is 4.89. The lowest BCUT2D eigenvalue weighted by Gasteiger charge is -2.48. The maximum absolute atomic E-state index is 12.8. The van der Waals surface area contributed by atoms with Crippen LogP contribution in [0.4, 0.5) is 0 Å². The number of hydrogen-bond acceptors (Lipinski definition) is 7. The highest BCUT2D eigenvalue weighted by Crippen LogP contribution is 2.41. The van der Waals surface area contributed by atoms with E-state index in [9.17, 15) is 14.4 Å². The van der Waals surface area contributed by atoms with Crippen molar-refractivity contribution < 1.29 is 28.6 Å². The third-order valence-electron chi connectivity index (χ3n) is 4.25. The number of esters is 2. The Labute approximate surface area is 175 Å². The summed E-state index contributed by atoms with van der Waals surface area (Å²) in [5.74, 6) is -1.07. The molecule has 28 heavy (non-hydrogen) atoms. The van der Waals surface area contributed by atoms with Crippen LogP contribution in [0.5, 0.6) is 0 Å². The Hall–Kier alpha value is -1.74. The van der Waals surface area contributed by atoms with E-state index in [1.165, 1.54) is 30.7 Å². The lowest BCUT2D eigenvalue weighted by atomic mass is 10.1. The van der Waals surface area contributed by atoms with E-state index in [2.05, 4.69) is 0 Å². The zero-order chi connectivity index (χ0) is 20.4. The summed E-state index contributed by atoms with van der Waals surface area (Å²) in [6.45, 7) is 1.14. The highest BCUT2D eigenvalue weighted by atomic mass is 35.5. The summed E-state index contributed by atoms with van der Waals surface area (Å²) in [5, 5.41) is 0.429. The molecule has 2 aliphatic rings. The van der Waals surface area contributed by atoms with Gasteiger partial charge in [0.25, 0.3) is 5.91 Å². The maximum Gasteiger partial charge on any atom is 0.355 e. The number of β-lactam (4-membered cyclic amide) rings is 1. The molecule has 1 fully saturated rings. The summed E-state index contributed by atoms with van der Waals surface area (Å²) >= 11 is 13.3. The molecule has 2 atom stereocenters. The van der Waals surface area contributed by atoms with Gasteiger partial charge in [-0.15, -0.1) is 11.8 Å². The fourth-order valence-corrected chi connectivity index (χ4v) is 4.54. The van der Waals surface area contributed by atoms with E-state index in [4.69, 9.17) is 37.4 Å². The first kappa shape index (κ1) is 21.0. The number of hydrogen-bond donors (Lipinski definition) is 0. The molecule has 1 saturated heterocycles. The van der Waals surface area contributed by atoms with Gasteiger partial charge in [0.1, 0.15) is 24.3 Å². The van der Waals surface area contributed by atoms with Gasteiger partial charge in [-0.25, -0.2) is 4.79 Å². The predicted octanol–water partition coefficient (Wildman–Crippen LogP) is 2.78. The monoisotopic (exact) mass is 445 g/mol. The number of carbonyl (C=O) groups excluding carboxylic acids is 3. The van der Waals surface area contributed by atoms with Crippen LogP contribution in [-0.2, 0) is 35.2 Å². The fraction of sp³-hybridized carbons (Fsp3) is 0.389. The number of rotatable bonds is 6. The van der Waals surface area contributed by atoms with Gasteiger partial charge in [-0.2, -0.15) is 0 Å². The summed E-state index contributed by atoms with van der Waals surface area (Å²) in [7, 11) is 1.45. The van der Waals surface area contributed by atoms with Crippen molar-refractivity contribution in [3.05, 3.63) is 45.1 Å². The highest BCUT2D eigenvalue weighted by Gasteiger charge is 2.54. The van der Waals surface area contributed by atoms with Crippen LogP contribution in [0.3, 0.4) is 0 Å². The Morgan fingerprint density at radius 3 is 2.61 bits per heavy atom. The second-order valence-corrected chi connectivity index (χ2v) is 8.04. The van der Waals surface area contributed by atoms with Crippen molar-refractivity contribution in [2.45, 2.75) is 25.0 Å². The van der Waals surface area contributed by atoms with E-state index >= 15 is 0 Å². The van der Waals surface area contributed by atoms with E-state index in [-0.39, 0.29) is 30.2 Å². The summed E-state index contributed by atoms with van der Waals surface area (Å²) in [4.78, 5) is 37.7. The zero-order valence-electron chi connectivity index (χ0n) is 15.1. The first-order valence-electron chi connectivity index (χ1n) is 8.27. The van der Waals surface area contributed by atoms with E-state index in [1.54, 1.807) is 18.2 Å². The third kappa shape index (κ3) is 4.15. The number of fused-ring (bicyclic) bond motifs is 1. The van der Waals surface area contributed by atoms with E-state index < -0.39 is 18.0 Å². The minimum absolute atomic E-state index is 0.0480. The molecule has 0 spiro atoms. The minimum Gasteiger partial charge on any atom is -0.461 e. The molecule has 2 aliphatic heterocycles. The molecule has 10 heteroatoms. The minimum atomic E-state index is -0.679. The molecule has 7 nitrogen and oxygen atoms in total. The molecule has 0 saturated carbocycles. The fourth-order valence-electron chi connectivity index (χ4n) is 2.87. The largest absolute Gasteiger partial charge is 0.461 e. The Bertz CT molecular complexity index is 858. The molecule has 0 N–H and O–H groups in total. The molecule has 0 radical (unpaired) electrons. The molecule has 1 amide bonds. The lowest BCUT2D eigenvalue weighted by molar-refractivity contribution is -0.163. The predicted molar refractivity (Wildman–Crippen MR) is 104 cm³/mol. The Morgan fingerprint density at radius 2 is 1.96 bits per heavy atom. The van der Waals surface area contributed by atoms with Crippen molar-refractivity contribution in [1.29, 1.82) is 0 Å². The van der Waals surface area contributed by atoms with Crippen LogP contribution in [0.15, 0.2) is 29.5 Å². The molecule has 0 bridgehead atoms. The van der Waals surface area contributed by atoms with Gasteiger partial charge >= 0.3 is 11.9 Å². The standard InChI is InChI=1S/C18H17Cl2NO6S/c1-9(22)26-7-11-8-28-17-15(25-2)16(23)21(17)14(11)18(24)27-6-10-3-4-12(19)13(20)5-10/h3-5,15,17H,6-8H2,1-2H3/t15-,17+/m0/s1. The van der Waals surface area contributed by atoms with Crippen LogP contribution >= 0.6 is 35.0 Å². The van der Waals surface area contributed by atoms with Crippen LogP contribution in [0.2, 0.25) is 10.0 Å². The van der Waals surface area contributed by atoms with Crippen molar-refractivity contribution in [2.75, 3.05) is 19.5 Å². The average molecular weight is 446 g/mol. The zero-order valence-corrected chi connectivity index (χ0v) is 17.4. The summed E-state index contributed by atoms with van der Waals surface area (Å²) in [5.41, 5.74) is 1.26. The van der Waals surface area contributed by atoms with Gasteiger partial charge in [-0.1, -0.05) is 29.3 Å². The van der Waals surface area contributed by atoms with E-state index in [1.807, 2.05) is 0 Å². The smallest absolute Gasteiger partial charge is 0.355 e. The Morgan fingerprint density at radius 1 is 1.21 bits per heavy atom. The quantitative estimate of drug-likeness (QED) is 0.491. The normalized spacial score (nSPS) is 21.1. The van der Waals surface area contributed by atoms with Gasteiger partial charge in [0.15, 0.2) is 6.10 Å². The van der Waals surface area contributed by atoms with Gasteiger partial charge in [0.2, 0.25) is 0 Å². The number of benzene rings is 1. The van der Waals surface area contributed by atoms with Crippen LogP contribution in [0.1, 0.15) is 12.5 Å². The molecule has 0 aliphatic carbocycles. The van der Waals surface area contributed by atoms with Crippen LogP contribution in [0.25, 0.3) is 0 Å². The number of thioether (sulfide) groups is 1. The van der Waals surface area contributed by atoms with Gasteiger partial charge < -0.3 is 14.2 Å². The Balaban J connectivity index is 1.80. The molecule has 0 unspecified atom stereocenters. The molecular weight excluding hydrogens is 429 g/mol. The topological polar surface area (TPSA) is 82.1 Å². The summed E-state index contributed by atoms with van der Waals surface area (Å²) in [6.07, 6.45) is -0.613. The molecule has 1 aromatic rings. The van der Waals surface area contributed by atoms with Crippen molar-refractivity contribution >= 4 is 52.8 Å². The lowest BCUT2D eigenvalue weighted by Crippen LogP contribution is -2.65. The van der Waals surface area contributed by atoms with Crippen LogP contribution < -0.4 is 0 Å². The van der Waals surface area contributed by atoms with Crippen LogP contribution in [0, 0.1) is 0 Å². The van der Waals surface area contributed by atoms with Crippen LogP contribution in [-0.4, -0.2) is 53.7 Å². The molecule has 150 valence electrons. The second kappa shape index (κ2) is 8.73. The number of ether oxygens (including phenoxy) is 3. The molecule has 2 heterocycles. The van der Waals surface area contributed by atoms with E-state index in [0.717, 1.165) is 0 Å². The molecular formula is C18H17Cl2NO6S. The first-order valence-corrected chi connectivity index (χ1v) is 10.1. The molecule has 0 aromatic heterocycles. The van der Waals surface area contributed by atoms with E-state index in [0.29, 0.717) is 26.9 Å². The van der Waals surface area contributed by atoms with Crippen molar-refractivity contribution in [3.8, 4) is 0 Å². The third-order valence-corrected chi connectivity index (χ3v) is 6.30. The molecule has 1 aromatic carbocycles. The number of halogens is 2. The second-order valence-electron chi connectivity index (χ2n) is 6.12. The van der Waals surface area contributed by atoms with Crippen molar-refractivity contribution in [3.63, 3.8) is 0 Å². The number of nitrogens with zero attached hydrogens (tertiary/aromatic N) is 1. The SMILES string of the molecule is CO[C@H]1C(=O)N2C(C(=O)OCc3ccc(Cl)c(Cl)c3)=C(COC(C)=O)CS[C@H]12. The Kier molecular flexibility index (Phi) is 6.54. The summed E-state index contributed by atoms with van der Waals surface area (Å²) < 4.78 is 15.6. The number of carbonyl (C=O) groups is 3. The van der Waals surface area contributed by atoms with Gasteiger partial charge in [0, 0.05) is 25.4 Å². The van der Waals surface area contributed by atoms with Crippen molar-refractivity contribution in [2.24, 2.45) is 0 Å². The average Bonchev–Trinajstić information content (AvgIpc) is 2.66. The first-order chi connectivity index (χ1) is 13.3. The number of amides is 1. The van der Waals surface area contributed by atoms with Crippen molar-refractivity contribution in [1.82, 2.24) is 4.90 Å².